The van der Waals surface area contributed by atoms with Crippen molar-refractivity contribution in [3.05, 3.63) is 29.3 Å². The molecule has 21 heavy (non-hydrogen) atoms. The van der Waals surface area contributed by atoms with E-state index in [1.807, 2.05) is 30.0 Å². The number of likely N-dealkylation sites (tertiary alicyclic amines) is 1. The fraction of sp³-hybridized carbons (Fsp3) is 0.562. The first-order valence-corrected chi connectivity index (χ1v) is 7.52. The first-order valence-electron chi connectivity index (χ1n) is 7.52. The average Bonchev–Trinajstić information content (AvgIpc) is 2.46. The minimum absolute atomic E-state index is 0.0787. The Labute approximate surface area is 127 Å². The van der Waals surface area contributed by atoms with Crippen LogP contribution in [0.25, 0.3) is 0 Å². The number of nitrogen functional groups attached to an aromatic ring is 1. The SMILES string of the molecule is Cc1ccc(NN)c(C(=O)N2CCC(CN(C)C)CC2)c1. The fourth-order valence-electron chi connectivity index (χ4n) is 2.97. The van der Waals surface area contributed by atoms with E-state index in [0.29, 0.717) is 17.2 Å². The van der Waals surface area contributed by atoms with Gasteiger partial charge in [0.2, 0.25) is 0 Å². The van der Waals surface area contributed by atoms with Gasteiger partial charge in [-0.05, 0) is 51.9 Å². The van der Waals surface area contributed by atoms with Gasteiger partial charge in [-0.1, -0.05) is 11.6 Å². The second kappa shape index (κ2) is 6.91. The molecule has 0 unspecified atom stereocenters. The zero-order valence-electron chi connectivity index (χ0n) is 13.2. The van der Waals surface area contributed by atoms with E-state index in [-0.39, 0.29) is 5.91 Å². The number of carbonyl (C=O) groups excluding carboxylic acids is 1. The number of hydrogen-bond acceptors (Lipinski definition) is 4. The average molecular weight is 290 g/mol. The molecule has 0 bridgehead atoms. The van der Waals surface area contributed by atoms with Gasteiger partial charge in [-0.2, -0.15) is 0 Å². The number of nitrogens with one attached hydrogen (secondary N) is 1. The Morgan fingerprint density at radius 3 is 2.62 bits per heavy atom. The largest absolute Gasteiger partial charge is 0.339 e. The fourth-order valence-corrected chi connectivity index (χ4v) is 2.97. The van der Waals surface area contributed by atoms with Gasteiger partial charge >= 0.3 is 0 Å². The molecule has 2 rings (SSSR count). The zero-order chi connectivity index (χ0) is 15.4. The van der Waals surface area contributed by atoms with Crippen molar-refractivity contribution in [1.82, 2.24) is 9.80 Å². The lowest BCUT2D eigenvalue weighted by Crippen LogP contribution is -2.41. The summed E-state index contributed by atoms with van der Waals surface area (Å²) in [5, 5.41) is 0. The number of rotatable bonds is 4. The van der Waals surface area contributed by atoms with Gasteiger partial charge in [-0.3, -0.25) is 10.6 Å². The Morgan fingerprint density at radius 1 is 1.38 bits per heavy atom. The van der Waals surface area contributed by atoms with Crippen LogP contribution in [-0.2, 0) is 0 Å². The molecule has 0 spiro atoms. The molecule has 1 aromatic carbocycles. The molecule has 0 saturated carbocycles. The minimum Gasteiger partial charge on any atom is -0.339 e. The first-order chi connectivity index (χ1) is 10.0. The standard InChI is InChI=1S/C16H26N4O/c1-12-4-5-15(18-17)14(10-12)16(21)20-8-6-13(7-9-20)11-19(2)3/h4-5,10,13,18H,6-9,11,17H2,1-3H3. The molecule has 0 atom stereocenters. The Bertz CT molecular complexity index is 493. The third kappa shape index (κ3) is 3.95. The molecule has 0 radical (unpaired) electrons. The highest BCUT2D eigenvalue weighted by Gasteiger charge is 2.25. The third-order valence-corrected chi connectivity index (χ3v) is 4.09. The van der Waals surface area contributed by atoms with Gasteiger partial charge in [-0.15, -0.1) is 0 Å². The van der Waals surface area contributed by atoms with Crippen molar-refractivity contribution in [2.24, 2.45) is 11.8 Å². The number of anilines is 1. The van der Waals surface area contributed by atoms with Gasteiger partial charge in [0, 0.05) is 19.6 Å². The van der Waals surface area contributed by atoms with Gasteiger partial charge in [0.05, 0.1) is 11.3 Å². The Morgan fingerprint density at radius 2 is 2.05 bits per heavy atom. The normalized spacial score (nSPS) is 16.3. The van der Waals surface area contributed by atoms with Crippen LogP contribution in [0.1, 0.15) is 28.8 Å². The number of aryl methyl sites for hydroxylation is 1. The van der Waals surface area contributed by atoms with E-state index in [0.717, 1.165) is 38.0 Å². The molecule has 1 aliphatic heterocycles. The molecular weight excluding hydrogens is 264 g/mol. The molecule has 1 fully saturated rings. The number of hydrazine groups is 1. The summed E-state index contributed by atoms with van der Waals surface area (Å²) in [7, 11) is 4.20. The molecule has 116 valence electrons. The predicted octanol–water partition coefficient (Wildman–Crippen LogP) is 1.69. The number of piperidine rings is 1. The van der Waals surface area contributed by atoms with Crippen molar-refractivity contribution in [2.75, 3.05) is 39.2 Å². The number of hydrogen-bond donors (Lipinski definition) is 2. The van der Waals surface area contributed by atoms with Crippen LogP contribution in [0.5, 0.6) is 0 Å². The van der Waals surface area contributed by atoms with E-state index in [1.54, 1.807) is 0 Å². The van der Waals surface area contributed by atoms with E-state index in [2.05, 4.69) is 24.4 Å². The monoisotopic (exact) mass is 290 g/mol. The van der Waals surface area contributed by atoms with Crippen LogP contribution in [0.3, 0.4) is 0 Å². The van der Waals surface area contributed by atoms with Gasteiger partial charge in [0.15, 0.2) is 0 Å². The second-order valence-electron chi connectivity index (χ2n) is 6.19. The maximum Gasteiger partial charge on any atom is 0.256 e. The van der Waals surface area contributed by atoms with Crippen LogP contribution in [0.4, 0.5) is 5.69 Å². The third-order valence-electron chi connectivity index (χ3n) is 4.09. The van der Waals surface area contributed by atoms with Crippen LogP contribution in [-0.4, -0.2) is 49.4 Å². The zero-order valence-corrected chi connectivity index (χ0v) is 13.2. The minimum atomic E-state index is 0.0787. The quantitative estimate of drug-likeness (QED) is 0.654. The number of nitrogens with zero attached hydrogens (tertiary/aromatic N) is 2. The van der Waals surface area contributed by atoms with Gasteiger partial charge < -0.3 is 15.2 Å². The number of amides is 1. The molecule has 1 amide bonds. The van der Waals surface area contributed by atoms with Crippen molar-refractivity contribution >= 4 is 11.6 Å². The molecule has 3 N–H and O–H groups in total. The highest BCUT2D eigenvalue weighted by atomic mass is 16.2. The summed E-state index contributed by atoms with van der Waals surface area (Å²) in [6, 6.07) is 5.72. The molecule has 5 nitrogen and oxygen atoms in total. The number of nitrogens with two attached hydrogens (primary N) is 1. The molecule has 0 aliphatic carbocycles. The summed E-state index contributed by atoms with van der Waals surface area (Å²) in [6.07, 6.45) is 2.14. The van der Waals surface area contributed by atoms with Crippen molar-refractivity contribution in [3.8, 4) is 0 Å². The predicted molar refractivity (Wildman–Crippen MR) is 86.2 cm³/mol. The molecule has 0 aromatic heterocycles. The van der Waals surface area contributed by atoms with E-state index in [4.69, 9.17) is 5.84 Å². The lowest BCUT2D eigenvalue weighted by Gasteiger charge is -2.33. The summed E-state index contributed by atoms with van der Waals surface area (Å²) < 4.78 is 0. The van der Waals surface area contributed by atoms with Crippen molar-refractivity contribution < 1.29 is 4.79 Å². The molecule has 5 heteroatoms. The van der Waals surface area contributed by atoms with Gasteiger partial charge in [0.25, 0.3) is 5.91 Å². The van der Waals surface area contributed by atoms with Crippen LogP contribution in [0.2, 0.25) is 0 Å². The molecule has 1 heterocycles. The Hall–Kier alpha value is -1.59. The topological polar surface area (TPSA) is 61.6 Å². The Balaban J connectivity index is 2.03. The highest BCUT2D eigenvalue weighted by molar-refractivity contribution is 5.99. The summed E-state index contributed by atoms with van der Waals surface area (Å²) in [5.74, 6) is 6.29. The molecule has 1 saturated heterocycles. The number of benzene rings is 1. The maximum atomic E-state index is 12.7. The summed E-state index contributed by atoms with van der Waals surface area (Å²) >= 11 is 0. The van der Waals surface area contributed by atoms with Gasteiger partial charge in [0.1, 0.15) is 0 Å². The van der Waals surface area contributed by atoms with Crippen LogP contribution >= 0.6 is 0 Å². The highest BCUT2D eigenvalue weighted by Crippen LogP contribution is 2.23. The maximum absolute atomic E-state index is 12.7. The summed E-state index contributed by atoms with van der Waals surface area (Å²) in [6.45, 7) is 4.74. The van der Waals surface area contributed by atoms with E-state index in [1.165, 1.54) is 0 Å². The lowest BCUT2D eigenvalue weighted by atomic mass is 9.95. The smallest absolute Gasteiger partial charge is 0.256 e. The number of carbonyl (C=O) groups is 1. The van der Waals surface area contributed by atoms with Crippen molar-refractivity contribution in [3.63, 3.8) is 0 Å². The van der Waals surface area contributed by atoms with Crippen LogP contribution in [0, 0.1) is 12.8 Å². The van der Waals surface area contributed by atoms with Crippen LogP contribution in [0.15, 0.2) is 18.2 Å². The summed E-state index contributed by atoms with van der Waals surface area (Å²) in [5.41, 5.74) is 5.06. The van der Waals surface area contributed by atoms with E-state index >= 15 is 0 Å². The first kappa shape index (κ1) is 15.8. The van der Waals surface area contributed by atoms with Crippen molar-refractivity contribution in [1.29, 1.82) is 0 Å². The summed E-state index contributed by atoms with van der Waals surface area (Å²) in [4.78, 5) is 16.8. The van der Waals surface area contributed by atoms with E-state index in [9.17, 15) is 4.79 Å². The lowest BCUT2D eigenvalue weighted by molar-refractivity contribution is 0.0679. The molecule has 1 aromatic rings. The molecular formula is C16H26N4O. The van der Waals surface area contributed by atoms with E-state index < -0.39 is 0 Å². The Kier molecular flexibility index (Phi) is 5.20. The van der Waals surface area contributed by atoms with Crippen LogP contribution < -0.4 is 11.3 Å². The molecule has 1 aliphatic rings. The second-order valence-corrected chi connectivity index (χ2v) is 6.19. The van der Waals surface area contributed by atoms with Crippen molar-refractivity contribution in [2.45, 2.75) is 19.8 Å². The van der Waals surface area contributed by atoms with Gasteiger partial charge in [-0.25, -0.2) is 0 Å².